The average molecular weight is 527 g/mol. The Hall–Kier alpha value is -3.36. The number of rotatable bonds is 8. The first-order valence-electron chi connectivity index (χ1n) is 10.1. The van der Waals surface area contributed by atoms with Crippen LogP contribution in [0, 0.1) is 5.82 Å². The number of aromatic hydroxyl groups is 1. The highest BCUT2D eigenvalue weighted by Gasteiger charge is 2.24. The number of nitrogens with zero attached hydrogens (tertiary/aromatic N) is 3. The first-order chi connectivity index (χ1) is 16.2. The van der Waals surface area contributed by atoms with Gasteiger partial charge in [-0.15, -0.1) is 0 Å². The molecule has 0 bridgehead atoms. The summed E-state index contributed by atoms with van der Waals surface area (Å²) in [5.74, 6) is -2.48. The van der Waals surface area contributed by atoms with Gasteiger partial charge in [-0.1, -0.05) is 6.07 Å². The minimum absolute atomic E-state index is 0.0575. The number of likely N-dealkylation sites (N-methyl/N-ethyl adjacent to an activating group) is 1. The Bertz CT molecular complexity index is 1590. The minimum atomic E-state index is -3.82. The van der Waals surface area contributed by atoms with E-state index in [1.807, 2.05) is 0 Å². The highest BCUT2D eigenvalue weighted by Crippen LogP contribution is 2.24. The highest BCUT2D eigenvalue weighted by molar-refractivity contribution is 7.90. The molecule has 0 aliphatic heterocycles. The van der Waals surface area contributed by atoms with E-state index < -0.39 is 48.5 Å². The summed E-state index contributed by atoms with van der Waals surface area (Å²) < 4.78 is 63.1. The number of pyridine rings is 2. The predicted octanol–water partition coefficient (Wildman–Crippen LogP) is 0.466. The van der Waals surface area contributed by atoms with Gasteiger partial charge in [-0.25, -0.2) is 25.5 Å². The van der Waals surface area contributed by atoms with Crippen LogP contribution in [0.3, 0.4) is 0 Å². The zero-order chi connectivity index (χ0) is 26.1. The standard InChI is InChI=1S/C21H23FN4O7S2/c1-25(35(3,32)33)9-10-26-15-5-4-8-23-18(15)19(27)17(21(26)29)20(28)24-12-13-6-7-14(22)11-16(13)34(2,30)31/h4-8,11,27H,9-10,12H2,1-3H3,(H,24,28). The molecule has 0 saturated carbocycles. The Morgan fingerprint density at radius 3 is 2.51 bits per heavy atom. The molecule has 188 valence electrons. The second-order valence-electron chi connectivity index (χ2n) is 7.84. The molecule has 2 N–H and O–H groups in total. The third-order valence-electron chi connectivity index (χ3n) is 5.30. The fourth-order valence-corrected chi connectivity index (χ4v) is 4.73. The molecule has 0 unspecified atom stereocenters. The fourth-order valence-electron chi connectivity index (χ4n) is 3.38. The van der Waals surface area contributed by atoms with Gasteiger partial charge in [0.1, 0.15) is 16.9 Å². The van der Waals surface area contributed by atoms with Crippen LogP contribution < -0.4 is 10.9 Å². The monoisotopic (exact) mass is 526 g/mol. The number of benzene rings is 1. The summed E-state index contributed by atoms with van der Waals surface area (Å²) in [4.78, 5) is 29.8. The summed E-state index contributed by atoms with van der Waals surface area (Å²) in [5, 5.41) is 13.0. The fraction of sp³-hybridized carbons (Fsp3) is 0.286. The van der Waals surface area contributed by atoms with E-state index in [4.69, 9.17) is 0 Å². The molecule has 35 heavy (non-hydrogen) atoms. The molecule has 0 fully saturated rings. The van der Waals surface area contributed by atoms with Crippen LogP contribution in [-0.2, 0) is 33.0 Å². The number of carbonyl (C=O) groups excluding carboxylic acids is 1. The Morgan fingerprint density at radius 1 is 1.20 bits per heavy atom. The summed E-state index contributed by atoms with van der Waals surface area (Å²) in [5.41, 5.74) is -1.34. The van der Waals surface area contributed by atoms with Crippen molar-refractivity contribution in [2.24, 2.45) is 0 Å². The summed E-state index contributed by atoms with van der Waals surface area (Å²) in [7, 11) is -6.02. The van der Waals surface area contributed by atoms with Crippen molar-refractivity contribution in [1.82, 2.24) is 19.2 Å². The number of fused-ring (bicyclic) bond motifs is 1. The van der Waals surface area contributed by atoms with Crippen LogP contribution in [0.15, 0.2) is 46.2 Å². The van der Waals surface area contributed by atoms with Gasteiger partial charge in [0, 0.05) is 39.1 Å². The van der Waals surface area contributed by atoms with Crippen molar-refractivity contribution in [3.05, 3.63) is 63.8 Å². The maximum absolute atomic E-state index is 13.6. The van der Waals surface area contributed by atoms with Gasteiger partial charge in [-0.05, 0) is 29.8 Å². The number of hydrogen-bond donors (Lipinski definition) is 2. The summed E-state index contributed by atoms with van der Waals surface area (Å²) >= 11 is 0. The van der Waals surface area contributed by atoms with Gasteiger partial charge >= 0.3 is 0 Å². The number of sulfonamides is 1. The molecule has 14 heteroatoms. The predicted molar refractivity (Wildman–Crippen MR) is 126 cm³/mol. The van der Waals surface area contributed by atoms with E-state index in [1.165, 1.54) is 31.4 Å². The smallest absolute Gasteiger partial charge is 0.267 e. The first kappa shape index (κ1) is 26.2. The number of hydrogen-bond acceptors (Lipinski definition) is 8. The second kappa shape index (κ2) is 9.71. The molecule has 2 aromatic heterocycles. The first-order valence-corrected chi connectivity index (χ1v) is 13.8. The van der Waals surface area contributed by atoms with E-state index in [1.54, 1.807) is 0 Å². The molecular weight excluding hydrogens is 503 g/mol. The lowest BCUT2D eigenvalue weighted by atomic mass is 10.1. The van der Waals surface area contributed by atoms with Gasteiger partial charge < -0.3 is 15.0 Å². The molecule has 0 atom stereocenters. The Labute approximate surface area is 200 Å². The number of sulfone groups is 1. The van der Waals surface area contributed by atoms with Crippen molar-refractivity contribution in [2.75, 3.05) is 26.1 Å². The topological polar surface area (TPSA) is 156 Å². The maximum Gasteiger partial charge on any atom is 0.267 e. The summed E-state index contributed by atoms with van der Waals surface area (Å²) in [6.07, 6.45) is 3.24. The molecule has 0 aliphatic carbocycles. The van der Waals surface area contributed by atoms with Crippen LogP contribution in [0.25, 0.3) is 11.0 Å². The quantitative estimate of drug-likeness (QED) is 0.429. The van der Waals surface area contributed by atoms with Crippen LogP contribution in [-0.4, -0.2) is 67.8 Å². The number of amides is 1. The zero-order valence-corrected chi connectivity index (χ0v) is 20.7. The normalized spacial score (nSPS) is 12.3. The summed E-state index contributed by atoms with van der Waals surface area (Å²) in [6.45, 7) is -0.610. The van der Waals surface area contributed by atoms with Crippen molar-refractivity contribution in [3.8, 4) is 5.75 Å². The van der Waals surface area contributed by atoms with Gasteiger partial charge in [0.05, 0.1) is 16.7 Å². The molecule has 3 aromatic rings. The lowest BCUT2D eigenvalue weighted by Gasteiger charge is -2.18. The van der Waals surface area contributed by atoms with Gasteiger partial charge in [0.2, 0.25) is 10.0 Å². The number of nitrogens with one attached hydrogen (secondary N) is 1. The van der Waals surface area contributed by atoms with E-state index >= 15 is 0 Å². The maximum atomic E-state index is 13.6. The molecule has 0 radical (unpaired) electrons. The summed E-state index contributed by atoms with van der Waals surface area (Å²) in [6, 6.07) is 6.03. The molecule has 1 amide bonds. The third kappa shape index (κ3) is 5.66. The van der Waals surface area contributed by atoms with Crippen molar-refractivity contribution >= 4 is 36.8 Å². The van der Waals surface area contributed by atoms with Crippen molar-refractivity contribution in [2.45, 2.75) is 18.0 Å². The Kier molecular flexibility index (Phi) is 7.29. The molecule has 3 rings (SSSR count). The van der Waals surface area contributed by atoms with Crippen molar-refractivity contribution in [1.29, 1.82) is 0 Å². The zero-order valence-electron chi connectivity index (χ0n) is 19.0. The van der Waals surface area contributed by atoms with E-state index in [-0.39, 0.29) is 41.1 Å². The molecule has 0 spiro atoms. The SMILES string of the molecule is CN(CCn1c(=O)c(C(=O)NCc2ccc(F)cc2S(C)(=O)=O)c(O)c2ncccc21)S(C)(=O)=O. The minimum Gasteiger partial charge on any atom is -0.505 e. The third-order valence-corrected chi connectivity index (χ3v) is 7.79. The highest BCUT2D eigenvalue weighted by atomic mass is 32.2. The van der Waals surface area contributed by atoms with E-state index in [2.05, 4.69) is 10.3 Å². The van der Waals surface area contributed by atoms with Crippen molar-refractivity contribution < 1.29 is 31.1 Å². The van der Waals surface area contributed by atoms with Crippen LogP contribution in [0.1, 0.15) is 15.9 Å². The van der Waals surface area contributed by atoms with E-state index in [0.717, 1.165) is 33.5 Å². The van der Waals surface area contributed by atoms with Crippen molar-refractivity contribution in [3.63, 3.8) is 0 Å². The largest absolute Gasteiger partial charge is 0.505 e. The van der Waals surface area contributed by atoms with Gasteiger partial charge in [0.25, 0.3) is 11.5 Å². The lowest BCUT2D eigenvalue weighted by molar-refractivity contribution is 0.0946. The Balaban J connectivity index is 2.02. The van der Waals surface area contributed by atoms with Crippen LogP contribution in [0.5, 0.6) is 5.75 Å². The lowest BCUT2D eigenvalue weighted by Crippen LogP contribution is -2.36. The number of carbonyl (C=O) groups is 1. The molecule has 1 aromatic carbocycles. The van der Waals surface area contributed by atoms with Gasteiger partial charge in [-0.3, -0.25) is 14.6 Å². The molecule has 0 saturated heterocycles. The molecule has 0 aliphatic rings. The molecule has 11 nitrogen and oxygen atoms in total. The molecule has 2 heterocycles. The van der Waals surface area contributed by atoms with Crippen LogP contribution in [0.2, 0.25) is 0 Å². The Morgan fingerprint density at radius 2 is 1.89 bits per heavy atom. The van der Waals surface area contributed by atoms with Crippen LogP contribution in [0.4, 0.5) is 4.39 Å². The van der Waals surface area contributed by atoms with E-state index in [0.29, 0.717) is 0 Å². The average Bonchev–Trinajstić information content (AvgIpc) is 2.76. The number of aromatic nitrogens is 2. The van der Waals surface area contributed by atoms with Gasteiger partial charge in [0.15, 0.2) is 15.6 Å². The number of halogens is 1. The van der Waals surface area contributed by atoms with Gasteiger partial charge in [-0.2, -0.15) is 0 Å². The van der Waals surface area contributed by atoms with E-state index in [9.17, 15) is 35.9 Å². The molecular formula is C21H23FN4O7S2. The van der Waals surface area contributed by atoms with Crippen LogP contribution >= 0.6 is 0 Å². The second-order valence-corrected chi connectivity index (χ2v) is 11.9.